The third kappa shape index (κ3) is 6.59. The monoisotopic (exact) mass is 536 g/mol. The third-order valence-corrected chi connectivity index (χ3v) is 5.21. The van der Waals surface area contributed by atoms with Crippen LogP contribution >= 0.6 is 24.0 Å². The van der Waals surface area contributed by atoms with Gasteiger partial charge in [-0.25, -0.2) is 4.98 Å². The quantitative estimate of drug-likeness (QED) is 0.363. The van der Waals surface area contributed by atoms with Gasteiger partial charge in [0.15, 0.2) is 5.96 Å². The normalized spacial score (nSPS) is 16.8. The van der Waals surface area contributed by atoms with Crippen molar-refractivity contribution in [1.82, 2.24) is 24.7 Å². The third-order valence-electron chi connectivity index (χ3n) is 5.21. The Hall–Kier alpha value is -1.82. The highest BCUT2D eigenvalue weighted by Crippen LogP contribution is 2.25. The first-order valence-corrected chi connectivity index (χ1v) is 9.66. The van der Waals surface area contributed by atoms with Crippen molar-refractivity contribution < 1.29 is 13.2 Å². The standard InChI is InChI=1S/C20H27F3N6.HI/c1-16(20(21,22)23)28-8-10-29(11-9-28)19(24-2)26-13-17-4-3-5-18(12-17)14-27-7-6-25-15-27;/h3-7,12,15-16H,8-11,13-14H2,1-2H3,(H,24,26);1H. The van der Waals surface area contributed by atoms with E-state index >= 15 is 0 Å². The molecule has 0 bridgehead atoms. The minimum absolute atomic E-state index is 0. The second-order valence-electron chi connectivity index (χ2n) is 7.20. The lowest BCUT2D eigenvalue weighted by Gasteiger charge is -2.39. The van der Waals surface area contributed by atoms with Gasteiger partial charge in [0, 0.05) is 58.7 Å². The number of aromatic nitrogens is 2. The van der Waals surface area contributed by atoms with E-state index in [-0.39, 0.29) is 24.0 Å². The van der Waals surface area contributed by atoms with E-state index in [4.69, 9.17) is 0 Å². The van der Waals surface area contributed by atoms with Crippen LogP contribution in [0.3, 0.4) is 0 Å². The van der Waals surface area contributed by atoms with Crippen molar-refractivity contribution in [2.45, 2.75) is 32.2 Å². The summed E-state index contributed by atoms with van der Waals surface area (Å²) in [5.41, 5.74) is 2.29. The second-order valence-corrected chi connectivity index (χ2v) is 7.20. The van der Waals surface area contributed by atoms with E-state index in [9.17, 15) is 13.2 Å². The zero-order chi connectivity index (χ0) is 20.9. The highest BCUT2D eigenvalue weighted by Gasteiger charge is 2.41. The second kappa shape index (κ2) is 11.0. The van der Waals surface area contributed by atoms with Crippen molar-refractivity contribution in [3.63, 3.8) is 0 Å². The summed E-state index contributed by atoms with van der Waals surface area (Å²) in [6.45, 7) is 4.33. The van der Waals surface area contributed by atoms with Crippen LogP contribution in [0.5, 0.6) is 0 Å². The number of hydrogen-bond acceptors (Lipinski definition) is 3. The number of nitrogens with zero attached hydrogens (tertiary/aromatic N) is 5. The number of guanidine groups is 1. The molecule has 1 aliphatic rings. The number of nitrogens with one attached hydrogen (secondary N) is 1. The summed E-state index contributed by atoms with van der Waals surface area (Å²) >= 11 is 0. The van der Waals surface area contributed by atoms with Crippen LogP contribution in [0.1, 0.15) is 18.1 Å². The molecule has 1 aliphatic heterocycles. The van der Waals surface area contributed by atoms with Gasteiger partial charge in [-0.2, -0.15) is 13.2 Å². The summed E-state index contributed by atoms with van der Waals surface area (Å²) in [6, 6.07) is 6.84. The Morgan fingerprint density at radius 3 is 2.50 bits per heavy atom. The van der Waals surface area contributed by atoms with Crippen LogP contribution < -0.4 is 5.32 Å². The molecule has 10 heteroatoms. The number of piperazine rings is 1. The smallest absolute Gasteiger partial charge is 0.352 e. The summed E-state index contributed by atoms with van der Waals surface area (Å²) < 4.78 is 40.8. The molecule has 1 aromatic heterocycles. The summed E-state index contributed by atoms with van der Waals surface area (Å²) in [5.74, 6) is 0.712. The molecule has 1 aromatic carbocycles. The number of hydrogen-bond donors (Lipinski definition) is 1. The topological polar surface area (TPSA) is 48.7 Å². The minimum Gasteiger partial charge on any atom is -0.352 e. The van der Waals surface area contributed by atoms with Gasteiger partial charge in [0.1, 0.15) is 6.04 Å². The summed E-state index contributed by atoms with van der Waals surface area (Å²) in [4.78, 5) is 11.8. The fourth-order valence-electron chi connectivity index (χ4n) is 3.47. The number of aliphatic imine (C=N–C) groups is 1. The number of rotatable bonds is 5. The van der Waals surface area contributed by atoms with Gasteiger partial charge in [0.05, 0.1) is 6.33 Å². The van der Waals surface area contributed by atoms with Gasteiger partial charge in [-0.15, -0.1) is 24.0 Å². The van der Waals surface area contributed by atoms with Gasteiger partial charge in [-0.1, -0.05) is 24.3 Å². The van der Waals surface area contributed by atoms with Crippen molar-refractivity contribution in [2.24, 2.45) is 4.99 Å². The molecule has 0 amide bonds. The lowest BCUT2D eigenvalue weighted by atomic mass is 10.1. The first-order valence-electron chi connectivity index (χ1n) is 9.66. The minimum atomic E-state index is -4.19. The molecule has 1 unspecified atom stereocenters. The molecule has 30 heavy (non-hydrogen) atoms. The molecule has 6 nitrogen and oxygen atoms in total. The predicted octanol–water partition coefficient (Wildman–Crippen LogP) is 3.19. The van der Waals surface area contributed by atoms with E-state index in [1.165, 1.54) is 17.4 Å². The van der Waals surface area contributed by atoms with Crippen molar-refractivity contribution in [1.29, 1.82) is 0 Å². The zero-order valence-electron chi connectivity index (χ0n) is 17.1. The van der Waals surface area contributed by atoms with Gasteiger partial charge < -0.3 is 14.8 Å². The molecule has 166 valence electrons. The molecule has 1 fully saturated rings. The zero-order valence-corrected chi connectivity index (χ0v) is 19.5. The molecule has 0 aliphatic carbocycles. The first kappa shape index (κ1) is 24.4. The van der Waals surface area contributed by atoms with E-state index < -0.39 is 12.2 Å². The SMILES string of the molecule is CN=C(NCc1cccc(Cn2ccnc2)c1)N1CCN(C(C)C(F)(F)F)CC1.I. The maximum Gasteiger partial charge on any atom is 0.403 e. The Labute approximate surface area is 192 Å². The van der Waals surface area contributed by atoms with Crippen LogP contribution in [0.15, 0.2) is 48.0 Å². The van der Waals surface area contributed by atoms with E-state index in [2.05, 4.69) is 27.4 Å². The van der Waals surface area contributed by atoms with Crippen molar-refractivity contribution in [3.8, 4) is 0 Å². The molecule has 0 saturated carbocycles. The molecule has 0 spiro atoms. The Morgan fingerprint density at radius 2 is 1.90 bits per heavy atom. The largest absolute Gasteiger partial charge is 0.403 e. The number of imidazole rings is 1. The van der Waals surface area contributed by atoms with E-state index in [1.807, 2.05) is 27.8 Å². The first-order chi connectivity index (χ1) is 13.9. The highest BCUT2D eigenvalue weighted by atomic mass is 127. The maximum absolute atomic E-state index is 12.9. The molecule has 3 rings (SSSR count). The average Bonchev–Trinajstić information content (AvgIpc) is 3.21. The Balaban J connectivity index is 0.00000320. The summed E-state index contributed by atoms with van der Waals surface area (Å²) in [5, 5.41) is 3.33. The molecular weight excluding hydrogens is 508 g/mol. The number of benzene rings is 1. The van der Waals surface area contributed by atoms with Crippen LogP contribution in [-0.2, 0) is 13.1 Å². The molecule has 1 atom stereocenters. The van der Waals surface area contributed by atoms with Crippen LogP contribution in [0.4, 0.5) is 13.2 Å². The number of halogens is 4. The molecular formula is C20H28F3IN6. The predicted molar refractivity (Wildman–Crippen MR) is 122 cm³/mol. The molecule has 0 radical (unpaired) electrons. The Kier molecular flexibility index (Phi) is 8.95. The van der Waals surface area contributed by atoms with E-state index in [1.54, 1.807) is 19.6 Å². The molecule has 2 heterocycles. The van der Waals surface area contributed by atoms with Crippen LogP contribution in [0.2, 0.25) is 0 Å². The highest BCUT2D eigenvalue weighted by molar-refractivity contribution is 14.0. The Bertz CT molecular complexity index is 801. The molecule has 1 saturated heterocycles. The van der Waals surface area contributed by atoms with Gasteiger partial charge >= 0.3 is 6.18 Å². The van der Waals surface area contributed by atoms with Crippen LogP contribution in [0.25, 0.3) is 0 Å². The fourth-order valence-corrected chi connectivity index (χ4v) is 3.47. The van der Waals surface area contributed by atoms with Gasteiger partial charge in [0.25, 0.3) is 0 Å². The summed E-state index contributed by atoms with van der Waals surface area (Å²) in [7, 11) is 1.70. The molecule has 1 N–H and O–H groups in total. The Morgan fingerprint density at radius 1 is 1.20 bits per heavy atom. The van der Waals surface area contributed by atoms with Gasteiger partial charge in [-0.05, 0) is 18.1 Å². The summed E-state index contributed by atoms with van der Waals surface area (Å²) in [6.07, 6.45) is 1.27. The van der Waals surface area contributed by atoms with Crippen molar-refractivity contribution in [2.75, 3.05) is 33.2 Å². The lowest BCUT2D eigenvalue weighted by Crippen LogP contribution is -2.56. The number of alkyl halides is 3. The van der Waals surface area contributed by atoms with Gasteiger partial charge in [-0.3, -0.25) is 9.89 Å². The van der Waals surface area contributed by atoms with E-state index in [0.29, 0.717) is 38.7 Å². The average molecular weight is 536 g/mol. The maximum atomic E-state index is 12.9. The van der Waals surface area contributed by atoms with Gasteiger partial charge in [0.2, 0.25) is 0 Å². The van der Waals surface area contributed by atoms with Crippen LogP contribution in [-0.4, -0.2) is 70.8 Å². The molecule has 2 aromatic rings. The van der Waals surface area contributed by atoms with Crippen LogP contribution in [0, 0.1) is 0 Å². The van der Waals surface area contributed by atoms with Crippen molar-refractivity contribution >= 4 is 29.9 Å². The van der Waals surface area contributed by atoms with Crippen molar-refractivity contribution in [3.05, 3.63) is 54.1 Å². The lowest BCUT2D eigenvalue weighted by molar-refractivity contribution is -0.181. The van der Waals surface area contributed by atoms with E-state index in [0.717, 1.165) is 12.1 Å². The fraction of sp³-hybridized carbons (Fsp3) is 0.500.